The Labute approximate surface area is 189 Å². The fourth-order valence-electron chi connectivity index (χ4n) is 4.84. The molecule has 2 aromatic rings. The summed E-state index contributed by atoms with van der Waals surface area (Å²) >= 11 is 0. The zero-order valence-electron chi connectivity index (χ0n) is 18.5. The molecule has 178 valence electrons. The van der Waals surface area contributed by atoms with E-state index in [1.807, 2.05) is 13.8 Å². The molecule has 33 heavy (non-hydrogen) atoms. The molecule has 0 unspecified atom stereocenters. The van der Waals surface area contributed by atoms with Crippen molar-refractivity contribution < 1.29 is 27.9 Å². The average molecular weight is 464 g/mol. The van der Waals surface area contributed by atoms with E-state index >= 15 is 0 Å². The van der Waals surface area contributed by atoms with E-state index in [1.165, 1.54) is 18.2 Å². The molecule has 10 heteroatoms. The molecule has 0 saturated heterocycles. The van der Waals surface area contributed by atoms with Crippen molar-refractivity contribution in [2.24, 2.45) is 11.1 Å². The van der Waals surface area contributed by atoms with Crippen LogP contribution in [0, 0.1) is 5.41 Å². The number of ketones is 1. The van der Waals surface area contributed by atoms with Gasteiger partial charge in [0.25, 0.3) is 5.91 Å². The maximum absolute atomic E-state index is 13.7. The summed E-state index contributed by atoms with van der Waals surface area (Å²) in [6.45, 7) is 3.65. The molecule has 1 heterocycles. The minimum absolute atomic E-state index is 0.00175. The highest BCUT2D eigenvalue weighted by molar-refractivity contribution is 6.00. The van der Waals surface area contributed by atoms with Crippen molar-refractivity contribution >= 4 is 17.4 Å². The number of rotatable bonds is 4. The summed E-state index contributed by atoms with van der Waals surface area (Å²) in [7, 11) is 0. The van der Waals surface area contributed by atoms with Crippen LogP contribution in [-0.4, -0.2) is 38.7 Å². The number of carbonyl (C=O) groups excluding carboxylic acids is 2. The predicted molar refractivity (Wildman–Crippen MR) is 115 cm³/mol. The van der Waals surface area contributed by atoms with Crippen molar-refractivity contribution in [3.8, 4) is 5.69 Å². The number of hydrogen-bond donors (Lipinski definition) is 3. The Balaban J connectivity index is 1.84. The van der Waals surface area contributed by atoms with Crippen LogP contribution in [0.25, 0.3) is 5.69 Å². The number of Topliss-reactive ketones (excluding diaryl/α,β-unsaturated/α-hetero) is 1. The van der Waals surface area contributed by atoms with E-state index < -0.39 is 40.6 Å². The fourth-order valence-corrected chi connectivity index (χ4v) is 4.84. The number of fused-ring (bicyclic) bond motifs is 1. The number of benzene rings is 1. The first-order valence-electron chi connectivity index (χ1n) is 11.0. The first-order chi connectivity index (χ1) is 15.4. The van der Waals surface area contributed by atoms with Gasteiger partial charge in [-0.3, -0.25) is 9.59 Å². The molecule has 0 radical (unpaired) electrons. The predicted octanol–water partition coefficient (Wildman–Crippen LogP) is 3.86. The molecular formula is C23H27F3N4O3. The van der Waals surface area contributed by atoms with E-state index in [9.17, 15) is 27.9 Å². The van der Waals surface area contributed by atoms with Crippen LogP contribution in [0.5, 0.6) is 0 Å². The molecule has 1 aromatic heterocycles. The van der Waals surface area contributed by atoms with Crippen LogP contribution in [0.1, 0.15) is 78.1 Å². The highest BCUT2D eigenvalue weighted by Crippen LogP contribution is 2.42. The zero-order chi connectivity index (χ0) is 24.1. The van der Waals surface area contributed by atoms with E-state index in [0.717, 1.165) is 17.5 Å². The number of hydrogen-bond acceptors (Lipinski definition) is 5. The van der Waals surface area contributed by atoms with Gasteiger partial charge in [-0.2, -0.15) is 18.3 Å². The second kappa shape index (κ2) is 8.16. The minimum atomic E-state index is -4.78. The summed E-state index contributed by atoms with van der Waals surface area (Å²) in [6, 6.07) is 4.07. The number of alkyl halides is 3. The van der Waals surface area contributed by atoms with Crippen molar-refractivity contribution in [1.82, 2.24) is 9.78 Å². The van der Waals surface area contributed by atoms with Gasteiger partial charge in [0.1, 0.15) is 0 Å². The van der Waals surface area contributed by atoms with Crippen molar-refractivity contribution in [3.63, 3.8) is 0 Å². The van der Waals surface area contributed by atoms with Crippen LogP contribution >= 0.6 is 0 Å². The lowest BCUT2D eigenvalue weighted by atomic mass is 9.75. The van der Waals surface area contributed by atoms with Gasteiger partial charge < -0.3 is 16.2 Å². The Hall–Kier alpha value is -2.88. The number of primary amides is 1. The summed E-state index contributed by atoms with van der Waals surface area (Å²) in [5, 5.41) is 17.3. The zero-order valence-corrected chi connectivity index (χ0v) is 18.5. The minimum Gasteiger partial charge on any atom is -0.391 e. The van der Waals surface area contributed by atoms with Crippen molar-refractivity contribution in [1.29, 1.82) is 0 Å². The average Bonchev–Trinajstić information content (AvgIpc) is 3.08. The first kappa shape index (κ1) is 23.3. The second-order valence-electron chi connectivity index (χ2n) is 9.72. The Morgan fingerprint density at radius 3 is 2.58 bits per heavy atom. The molecule has 0 spiro atoms. The number of amides is 1. The van der Waals surface area contributed by atoms with Crippen LogP contribution in [0.15, 0.2) is 18.2 Å². The third-order valence-electron chi connectivity index (χ3n) is 6.40. The lowest BCUT2D eigenvalue weighted by Crippen LogP contribution is -2.37. The monoisotopic (exact) mass is 464 g/mol. The molecule has 4 N–H and O–H groups in total. The van der Waals surface area contributed by atoms with E-state index in [-0.39, 0.29) is 35.8 Å². The van der Waals surface area contributed by atoms with Crippen LogP contribution in [0.3, 0.4) is 0 Å². The van der Waals surface area contributed by atoms with Gasteiger partial charge in [0.05, 0.1) is 34.7 Å². The first-order valence-corrected chi connectivity index (χ1v) is 11.0. The number of aliphatic hydroxyl groups is 1. The van der Waals surface area contributed by atoms with Gasteiger partial charge in [0.15, 0.2) is 11.5 Å². The van der Waals surface area contributed by atoms with Gasteiger partial charge in [-0.05, 0) is 42.9 Å². The number of halogens is 3. The topological polar surface area (TPSA) is 110 Å². The summed E-state index contributed by atoms with van der Waals surface area (Å²) < 4.78 is 42.4. The molecule has 0 bridgehead atoms. The molecular weight excluding hydrogens is 437 g/mol. The Kier molecular flexibility index (Phi) is 5.76. The standard InChI is InChI=1S/C23H27F3N4O3/c1-22(2)10-16-19(18(32)11-22)20(23(24,25)26)29-30(16)12-7-8-13(21(27)33)15(9-12)28-14-5-3-4-6-17(14)31/h7-9,14,17,28,31H,3-6,10-11H2,1-2H3,(H2,27,33)/t14-,17-/m0/s1. The number of nitrogens with two attached hydrogens (primary N) is 1. The van der Waals surface area contributed by atoms with Gasteiger partial charge in [-0.15, -0.1) is 0 Å². The van der Waals surface area contributed by atoms with Crippen molar-refractivity contribution in [3.05, 3.63) is 40.7 Å². The molecule has 2 atom stereocenters. The van der Waals surface area contributed by atoms with Gasteiger partial charge in [-0.25, -0.2) is 4.68 Å². The quantitative estimate of drug-likeness (QED) is 0.637. The molecule has 7 nitrogen and oxygen atoms in total. The van der Waals surface area contributed by atoms with Crippen molar-refractivity contribution in [2.75, 3.05) is 5.32 Å². The third-order valence-corrected chi connectivity index (χ3v) is 6.40. The van der Waals surface area contributed by atoms with E-state index in [0.29, 0.717) is 18.5 Å². The van der Waals surface area contributed by atoms with Gasteiger partial charge in [0.2, 0.25) is 0 Å². The number of anilines is 1. The second-order valence-corrected chi connectivity index (χ2v) is 9.72. The molecule has 2 aliphatic rings. The Morgan fingerprint density at radius 2 is 1.94 bits per heavy atom. The summed E-state index contributed by atoms with van der Waals surface area (Å²) in [4.78, 5) is 24.7. The van der Waals surface area contributed by atoms with Gasteiger partial charge in [0, 0.05) is 12.1 Å². The largest absolute Gasteiger partial charge is 0.435 e. The number of carbonyl (C=O) groups is 2. The van der Waals surface area contributed by atoms with E-state index in [2.05, 4.69) is 10.4 Å². The molecule has 2 aliphatic carbocycles. The Morgan fingerprint density at radius 1 is 1.24 bits per heavy atom. The van der Waals surface area contributed by atoms with Crippen molar-refractivity contribution in [2.45, 2.75) is 70.7 Å². The fraction of sp³-hybridized carbons (Fsp3) is 0.522. The van der Waals surface area contributed by atoms with Gasteiger partial charge >= 0.3 is 6.18 Å². The molecule has 0 aliphatic heterocycles. The molecule has 4 rings (SSSR count). The normalized spacial score (nSPS) is 22.7. The smallest absolute Gasteiger partial charge is 0.391 e. The van der Waals surface area contributed by atoms with Crippen LogP contribution in [0.2, 0.25) is 0 Å². The molecule has 1 saturated carbocycles. The molecule has 1 aromatic carbocycles. The summed E-state index contributed by atoms with van der Waals surface area (Å²) in [6.07, 6.45) is -2.07. The molecule has 1 amide bonds. The molecule has 1 fully saturated rings. The summed E-state index contributed by atoms with van der Waals surface area (Å²) in [5.41, 5.74) is 4.33. The number of aliphatic hydroxyl groups excluding tert-OH is 1. The maximum Gasteiger partial charge on any atom is 0.435 e. The number of aromatic nitrogens is 2. The lowest BCUT2D eigenvalue weighted by Gasteiger charge is -2.30. The third kappa shape index (κ3) is 4.48. The lowest BCUT2D eigenvalue weighted by molar-refractivity contribution is -0.141. The number of nitrogens with zero attached hydrogens (tertiary/aromatic N) is 2. The van der Waals surface area contributed by atoms with Crippen LogP contribution in [-0.2, 0) is 12.6 Å². The maximum atomic E-state index is 13.7. The Bertz CT molecular complexity index is 1110. The number of nitrogens with one attached hydrogen (secondary N) is 1. The SMILES string of the molecule is CC1(C)CC(=O)c2c(C(F)(F)F)nn(-c3ccc(C(N)=O)c(N[C@H]4CCCC[C@@H]4O)c3)c2C1. The summed E-state index contributed by atoms with van der Waals surface area (Å²) in [5.74, 6) is -1.29. The highest BCUT2D eigenvalue weighted by atomic mass is 19.4. The van der Waals surface area contributed by atoms with E-state index in [1.54, 1.807) is 0 Å². The van der Waals surface area contributed by atoms with Crippen LogP contribution < -0.4 is 11.1 Å². The highest BCUT2D eigenvalue weighted by Gasteiger charge is 2.45. The van der Waals surface area contributed by atoms with Gasteiger partial charge in [-0.1, -0.05) is 26.7 Å². The van der Waals surface area contributed by atoms with Crippen LogP contribution in [0.4, 0.5) is 18.9 Å². The van der Waals surface area contributed by atoms with E-state index in [4.69, 9.17) is 5.73 Å².